The van der Waals surface area contributed by atoms with Crippen LogP contribution in [0.4, 0.5) is 0 Å². The fourth-order valence-corrected chi connectivity index (χ4v) is 5.53. The molecule has 4 saturated carbocycles. The van der Waals surface area contributed by atoms with Crippen molar-refractivity contribution in [3.63, 3.8) is 0 Å². The molecule has 0 radical (unpaired) electrons. The van der Waals surface area contributed by atoms with Crippen molar-refractivity contribution in [2.75, 3.05) is 0 Å². The van der Waals surface area contributed by atoms with Crippen LogP contribution >= 0.6 is 0 Å². The summed E-state index contributed by atoms with van der Waals surface area (Å²) < 4.78 is 0. The fourth-order valence-electron chi connectivity index (χ4n) is 5.53. The van der Waals surface area contributed by atoms with Gasteiger partial charge in [-0.3, -0.25) is 4.79 Å². The molecular formula is C17H24N2O. The average Bonchev–Trinajstić information content (AvgIpc) is 2.35. The first-order valence-electron chi connectivity index (χ1n) is 7.91. The first-order valence-corrected chi connectivity index (χ1v) is 7.91. The molecule has 0 spiro atoms. The zero-order valence-corrected chi connectivity index (χ0v) is 12.3. The molecule has 0 unspecified atom stereocenters. The number of rotatable bonds is 4. The summed E-state index contributed by atoms with van der Waals surface area (Å²) in [5, 5.41) is 9.02. The number of nitrogens with two attached hydrogens (primary N) is 1. The molecule has 3 heteroatoms. The van der Waals surface area contributed by atoms with Gasteiger partial charge in [-0.15, -0.1) is 0 Å². The van der Waals surface area contributed by atoms with Crippen LogP contribution in [-0.4, -0.2) is 5.91 Å². The summed E-state index contributed by atoms with van der Waals surface area (Å²) in [5.74, 6) is 2.29. The van der Waals surface area contributed by atoms with Crippen LogP contribution in [0.5, 0.6) is 0 Å². The molecule has 0 aliphatic heterocycles. The zero-order chi connectivity index (χ0) is 14.3. The zero-order valence-electron chi connectivity index (χ0n) is 12.3. The van der Waals surface area contributed by atoms with Crippen molar-refractivity contribution >= 4 is 5.91 Å². The fraction of sp³-hybridized carbons (Fsp3) is 0.765. The van der Waals surface area contributed by atoms with Crippen LogP contribution in [-0.2, 0) is 4.79 Å². The molecular weight excluding hydrogens is 248 g/mol. The van der Waals surface area contributed by atoms with Crippen LogP contribution in [0.25, 0.3) is 0 Å². The summed E-state index contributed by atoms with van der Waals surface area (Å²) in [6, 6.07) is 1.96. The lowest BCUT2D eigenvalue weighted by atomic mass is 9.48. The Morgan fingerprint density at radius 1 is 1.20 bits per heavy atom. The molecule has 4 rings (SSSR count). The van der Waals surface area contributed by atoms with Crippen molar-refractivity contribution in [1.29, 1.82) is 5.26 Å². The molecule has 4 aliphatic carbocycles. The van der Waals surface area contributed by atoms with E-state index in [4.69, 9.17) is 11.0 Å². The van der Waals surface area contributed by atoms with Crippen LogP contribution < -0.4 is 5.73 Å². The number of amides is 1. The van der Waals surface area contributed by atoms with Crippen LogP contribution in [0, 0.1) is 34.5 Å². The quantitative estimate of drug-likeness (QED) is 0.630. The predicted octanol–water partition coefficient (Wildman–Crippen LogP) is 3.31. The number of carbonyl (C=O) groups excluding carboxylic acids is 1. The first-order chi connectivity index (χ1) is 9.51. The second-order valence-electron chi connectivity index (χ2n) is 7.55. The van der Waals surface area contributed by atoms with Crippen molar-refractivity contribution in [2.45, 2.75) is 58.3 Å². The third-order valence-electron chi connectivity index (χ3n) is 5.98. The number of primary amides is 1. The van der Waals surface area contributed by atoms with Crippen molar-refractivity contribution < 1.29 is 4.79 Å². The predicted molar refractivity (Wildman–Crippen MR) is 77.3 cm³/mol. The Labute approximate surface area is 121 Å². The second-order valence-corrected chi connectivity index (χ2v) is 7.55. The van der Waals surface area contributed by atoms with Crippen LogP contribution in [0.2, 0.25) is 0 Å². The molecule has 2 N–H and O–H groups in total. The van der Waals surface area contributed by atoms with E-state index in [1.165, 1.54) is 38.5 Å². The average molecular weight is 272 g/mol. The maximum atomic E-state index is 11.2. The Balaban J connectivity index is 1.70. The topological polar surface area (TPSA) is 66.9 Å². The molecule has 108 valence electrons. The lowest BCUT2D eigenvalue weighted by Gasteiger charge is -2.57. The highest BCUT2D eigenvalue weighted by molar-refractivity contribution is 5.96. The normalized spacial score (nSPS) is 39.3. The third kappa shape index (κ3) is 2.37. The molecule has 0 aromatic carbocycles. The van der Waals surface area contributed by atoms with Crippen molar-refractivity contribution in [2.24, 2.45) is 28.9 Å². The van der Waals surface area contributed by atoms with Crippen LogP contribution in [0.1, 0.15) is 58.3 Å². The highest BCUT2D eigenvalue weighted by atomic mass is 16.1. The van der Waals surface area contributed by atoms with Gasteiger partial charge in [-0.2, -0.15) is 5.26 Å². The molecule has 0 atom stereocenters. The largest absolute Gasteiger partial charge is 0.365 e. The summed E-state index contributed by atoms with van der Waals surface area (Å²) in [5.41, 5.74) is 6.83. The summed E-state index contributed by atoms with van der Waals surface area (Å²) in [6.45, 7) is 1.89. The van der Waals surface area contributed by atoms with Gasteiger partial charge in [0.15, 0.2) is 0 Å². The maximum Gasteiger partial charge on any atom is 0.259 e. The van der Waals surface area contributed by atoms with Crippen LogP contribution in [0.3, 0.4) is 0 Å². The van der Waals surface area contributed by atoms with E-state index in [1.807, 2.05) is 13.0 Å². The van der Waals surface area contributed by atoms with Gasteiger partial charge in [0, 0.05) is 0 Å². The molecule has 1 amide bonds. The molecule has 20 heavy (non-hydrogen) atoms. The Morgan fingerprint density at radius 3 is 2.10 bits per heavy atom. The van der Waals surface area contributed by atoms with E-state index < -0.39 is 5.91 Å². The molecule has 0 aromatic rings. The number of hydrogen-bond donors (Lipinski definition) is 1. The molecule has 4 fully saturated rings. The molecule has 4 aliphatic rings. The monoisotopic (exact) mass is 272 g/mol. The summed E-state index contributed by atoms with van der Waals surface area (Å²) in [7, 11) is 0. The minimum absolute atomic E-state index is 0.176. The molecule has 4 bridgehead atoms. The number of allylic oxidation sites excluding steroid dienone is 1. The molecule has 0 aromatic heterocycles. The lowest BCUT2D eigenvalue weighted by Crippen LogP contribution is -2.45. The SMILES string of the molecule is C/C(CCC12CC3CC(CC(C3)C1)C2)=C(/C#N)C(N)=O. The smallest absolute Gasteiger partial charge is 0.259 e. The Morgan fingerprint density at radius 2 is 1.70 bits per heavy atom. The van der Waals surface area contributed by atoms with Gasteiger partial charge in [-0.1, -0.05) is 0 Å². The van der Waals surface area contributed by atoms with E-state index in [9.17, 15) is 4.79 Å². The molecule has 0 heterocycles. The van der Waals surface area contributed by atoms with Gasteiger partial charge in [0.2, 0.25) is 0 Å². The number of carbonyl (C=O) groups is 1. The molecule has 0 saturated heterocycles. The van der Waals surface area contributed by atoms with Gasteiger partial charge in [-0.05, 0) is 87.0 Å². The van der Waals surface area contributed by atoms with Gasteiger partial charge in [0.25, 0.3) is 5.91 Å². The minimum Gasteiger partial charge on any atom is -0.365 e. The number of nitrogens with zero attached hydrogens (tertiary/aromatic N) is 1. The third-order valence-corrected chi connectivity index (χ3v) is 5.98. The van der Waals surface area contributed by atoms with Crippen molar-refractivity contribution in [3.05, 3.63) is 11.1 Å². The lowest BCUT2D eigenvalue weighted by molar-refractivity contribution is -0.114. The van der Waals surface area contributed by atoms with E-state index >= 15 is 0 Å². The number of hydrogen-bond acceptors (Lipinski definition) is 2. The van der Waals surface area contributed by atoms with E-state index in [2.05, 4.69) is 0 Å². The number of nitriles is 1. The standard InChI is InChI=1S/C17H24N2O/c1-11(15(10-18)16(19)20)2-3-17-7-12-4-13(8-17)6-14(5-12)9-17/h12-14H,2-9H2,1H3,(H2,19,20)/b15-11+. The van der Waals surface area contributed by atoms with Gasteiger partial charge < -0.3 is 5.73 Å². The maximum absolute atomic E-state index is 11.2. The highest BCUT2D eigenvalue weighted by Gasteiger charge is 2.50. The Bertz CT molecular complexity index is 462. The van der Waals surface area contributed by atoms with Crippen LogP contribution in [0.15, 0.2) is 11.1 Å². The van der Waals surface area contributed by atoms with Gasteiger partial charge in [0.05, 0.1) is 0 Å². The van der Waals surface area contributed by atoms with Crippen molar-refractivity contribution in [1.82, 2.24) is 0 Å². The van der Waals surface area contributed by atoms with E-state index in [0.717, 1.165) is 36.2 Å². The van der Waals surface area contributed by atoms with E-state index in [1.54, 1.807) is 0 Å². The second kappa shape index (κ2) is 4.91. The highest BCUT2D eigenvalue weighted by Crippen LogP contribution is 2.61. The summed E-state index contributed by atoms with van der Waals surface area (Å²) in [4.78, 5) is 11.2. The Hall–Kier alpha value is -1.30. The van der Waals surface area contributed by atoms with Gasteiger partial charge >= 0.3 is 0 Å². The first kappa shape index (κ1) is 13.7. The summed E-state index contributed by atoms with van der Waals surface area (Å²) >= 11 is 0. The minimum atomic E-state index is -0.574. The van der Waals surface area contributed by atoms with Crippen molar-refractivity contribution in [3.8, 4) is 6.07 Å². The molecule has 3 nitrogen and oxygen atoms in total. The van der Waals surface area contributed by atoms with E-state index in [0.29, 0.717) is 5.41 Å². The van der Waals surface area contributed by atoms with E-state index in [-0.39, 0.29) is 5.57 Å². The summed E-state index contributed by atoms with van der Waals surface area (Å²) in [6.07, 6.45) is 10.5. The van der Waals surface area contributed by atoms with Gasteiger partial charge in [-0.25, -0.2) is 0 Å². The Kier molecular flexibility index (Phi) is 3.36. The van der Waals surface area contributed by atoms with Gasteiger partial charge in [0.1, 0.15) is 11.6 Å².